The van der Waals surface area contributed by atoms with E-state index < -0.39 is 0 Å². The summed E-state index contributed by atoms with van der Waals surface area (Å²) in [4.78, 5) is 22.9. The number of amides is 1. The highest BCUT2D eigenvalue weighted by atomic mass is 35.5. The summed E-state index contributed by atoms with van der Waals surface area (Å²) in [7, 11) is 0. The van der Waals surface area contributed by atoms with Gasteiger partial charge in [0.2, 0.25) is 11.9 Å². The van der Waals surface area contributed by atoms with Gasteiger partial charge in [0, 0.05) is 30.6 Å². The molecule has 4 rings (SSSR count). The number of primary amides is 1. The minimum absolute atomic E-state index is 0.0177. The molecule has 0 spiro atoms. The number of anilines is 2. The molecule has 0 unspecified atom stereocenters. The molecule has 3 heterocycles. The highest BCUT2D eigenvalue weighted by Crippen LogP contribution is 2.28. The maximum absolute atomic E-state index is 11.5. The standard InChI is InChI=1S/C19H22ClN7O2/c20-13-1-3-14(4-2-13)27-18-15(11-23-27)17(22-7-10-28)24-19(25-18)26-8-5-12(6-9-26)16(21)29/h1-4,11-12,28H,5-10H2,(H2,21,29)(H,22,24,25). The smallest absolute Gasteiger partial charge is 0.229 e. The zero-order valence-corrected chi connectivity index (χ0v) is 16.5. The van der Waals surface area contributed by atoms with Gasteiger partial charge in [0.1, 0.15) is 5.82 Å². The second kappa shape index (κ2) is 8.22. The van der Waals surface area contributed by atoms with Crippen LogP contribution in [0.5, 0.6) is 0 Å². The third kappa shape index (κ3) is 3.96. The molecule has 1 aromatic carbocycles. The Bertz CT molecular complexity index is 1010. The minimum atomic E-state index is -0.257. The number of fused-ring (bicyclic) bond motifs is 1. The van der Waals surface area contributed by atoms with Crippen molar-refractivity contribution < 1.29 is 9.90 Å². The van der Waals surface area contributed by atoms with E-state index >= 15 is 0 Å². The van der Waals surface area contributed by atoms with Crippen molar-refractivity contribution in [3.8, 4) is 5.69 Å². The van der Waals surface area contributed by atoms with Gasteiger partial charge in [-0.25, -0.2) is 4.68 Å². The zero-order chi connectivity index (χ0) is 20.4. The monoisotopic (exact) mass is 415 g/mol. The second-order valence-corrected chi connectivity index (χ2v) is 7.39. The van der Waals surface area contributed by atoms with Crippen LogP contribution in [0.15, 0.2) is 30.5 Å². The van der Waals surface area contributed by atoms with Crippen molar-refractivity contribution in [1.82, 2.24) is 19.7 Å². The van der Waals surface area contributed by atoms with Crippen molar-refractivity contribution in [3.63, 3.8) is 0 Å². The first-order valence-electron chi connectivity index (χ1n) is 9.47. The molecule has 1 aliphatic heterocycles. The van der Waals surface area contributed by atoms with E-state index in [0.717, 1.165) is 11.1 Å². The van der Waals surface area contributed by atoms with Gasteiger partial charge >= 0.3 is 0 Å². The van der Waals surface area contributed by atoms with Gasteiger partial charge in [0.25, 0.3) is 0 Å². The second-order valence-electron chi connectivity index (χ2n) is 6.96. The number of aliphatic hydroxyl groups is 1. The Morgan fingerprint density at radius 1 is 1.24 bits per heavy atom. The van der Waals surface area contributed by atoms with Crippen LogP contribution in [0.1, 0.15) is 12.8 Å². The Morgan fingerprint density at radius 2 is 1.97 bits per heavy atom. The number of halogens is 1. The van der Waals surface area contributed by atoms with Crippen molar-refractivity contribution in [2.24, 2.45) is 11.7 Å². The first-order chi connectivity index (χ1) is 14.1. The minimum Gasteiger partial charge on any atom is -0.395 e. The quantitative estimate of drug-likeness (QED) is 0.558. The van der Waals surface area contributed by atoms with Crippen LogP contribution in [0.25, 0.3) is 16.7 Å². The highest BCUT2D eigenvalue weighted by molar-refractivity contribution is 6.30. The van der Waals surface area contributed by atoms with Gasteiger partial charge in [-0.1, -0.05) is 11.6 Å². The number of hydrogen-bond donors (Lipinski definition) is 3. The number of nitrogens with zero attached hydrogens (tertiary/aromatic N) is 5. The topological polar surface area (TPSA) is 122 Å². The molecule has 3 aromatic rings. The van der Waals surface area contributed by atoms with Gasteiger partial charge in [-0.05, 0) is 37.1 Å². The van der Waals surface area contributed by atoms with Gasteiger partial charge in [-0.2, -0.15) is 15.1 Å². The Morgan fingerprint density at radius 3 is 2.62 bits per heavy atom. The SMILES string of the molecule is NC(=O)C1CCN(c2nc(NCCO)c3cnn(-c4ccc(Cl)cc4)c3n2)CC1. The molecule has 0 saturated carbocycles. The van der Waals surface area contributed by atoms with Gasteiger partial charge in [0.05, 0.1) is 23.9 Å². The van der Waals surface area contributed by atoms with Crippen LogP contribution in [0.2, 0.25) is 5.02 Å². The fourth-order valence-corrected chi connectivity index (χ4v) is 3.61. The lowest BCUT2D eigenvalue weighted by Crippen LogP contribution is -2.39. The summed E-state index contributed by atoms with van der Waals surface area (Å²) in [5, 5.41) is 18.2. The van der Waals surface area contributed by atoms with Crippen molar-refractivity contribution >= 4 is 40.3 Å². The molecule has 2 aromatic heterocycles. The normalized spacial score (nSPS) is 15.0. The Balaban J connectivity index is 1.73. The average Bonchev–Trinajstić information content (AvgIpc) is 3.16. The van der Waals surface area contributed by atoms with E-state index in [4.69, 9.17) is 22.3 Å². The number of benzene rings is 1. The third-order valence-electron chi connectivity index (χ3n) is 5.07. The molecule has 29 heavy (non-hydrogen) atoms. The number of rotatable bonds is 6. The van der Waals surface area contributed by atoms with E-state index in [-0.39, 0.29) is 18.4 Å². The van der Waals surface area contributed by atoms with E-state index in [1.54, 1.807) is 23.0 Å². The van der Waals surface area contributed by atoms with Crippen LogP contribution in [0.3, 0.4) is 0 Å². The molecule has 0 bridgehead atoms. The van der Waals surface area contributed by atoms with E-state index in [1.165, 1.54) is 0 Å². The van der Waals surface area contributed by atoms with Crippen LogP contribution < -0.4 is 16.0 Å². The van der Waals surface area contributed by atoms with Crippen LogP contribution in [-0.4, -0.2) is 57.0 Å². The molecule has 9 nitrogen and oxygen atoms in total. The fourth-order valence-electron chi connectivity index (χ4n) is 3.48. The molecule has 1 aliphatic rings. The van der Waals surface area contributed by atoms with Crippen LogP contribution in [0.4, 0.5) is 11.8 Å². The lowest BCUT2D eigenvalue weighted by atomic mass is 9.96. The number of nitrogens with one attached hydrogen (secondary N) is 1. The number of carbonyl (C=O) groups excluding carboxylic acids is 1. The number of aliphatic hydroxyl groups excluding tert-OH is 1. The lowest BCUT2D eigenvalue weighted by molar-refractivity contribution is -0.122. The molecule has 0 radical (unpaired) electrons. The van der Waals surface area contributed by atoms with Gasteiger partial charge in [-0.3, -0.25) is 4.79 Å². The molecule has 10 heteroatoms. The maximum atomic E-state index is 11.5. The highest BCUT2D eigenvalue weighted by Gasteiger charge is 2.26. The van der Waals surface area contributed by atoms with Crippen molar-refractivity contribution in [3.05, 3.63) is 35.5 Å². The van der Waals surface area contributed by atoms with Gasteiger partial charge < -0.3 is 21.1 Å². The molecule has 1 amide bonds. The van der Waals surface area contributed by atoms with E-state index in [1.807, 2.05) is 17.0 Å². The van der Waals surface area contributed by atoms with Crippen molar-refractivity contribution in [2.75, 3.05) is 36.5 Å². The Kier molecular flexibility index (Phi) is 5.50. The molecular weight excluding hydrogens is 394 g/mol. The summed E-state index contributed by atoms with van der Waals surface area (Å²) in [6.45, 7) is 1.64. The first-order valence-corrected chi connectivity index (χ1v) is 9.85. The predicted octanol–water partition coefficient (Wildman–Crippen LogP) is 1.57. The third-order valence-corrected chi connectivity index (χ3v) is 5.32. The average molecular weight is 416 g/mol. The van der Waals surface area contributed by atoms with Crippen molar-refractivity contribution in [1.29, 1.82) is 0 Å². The summed E-state index contributed by atoms with van der Waals surface area (Å²) < 4.78 is 1.73. The molecule has 1 saturated heterocycles. The number of nitrogens with two attached hydrogens (primary N) is 1. The molecule has 0 atom stereocenters. The number of piperidine rings is 1. The summed E-state index contributed by atoms with van der Waals surface area (Å²) in [5.41, 5.74) is 6.92. The fraction of sp³-hybridized carbons (Fsp3) is 0.368. The van der Waals surface area contributed by atoms with Gasteiger partial charge in [-0.15, -0.1) is 0 Å². The lowest BCUT2D eigenvalue weighted by Gasteiger charge is -2.30. The molecule has 1 fully saturated rings. The number of hydrogen-bond acceptors (Lipinski definition) is 7. The summed E-state index contributed by atoms with van der Waals surface area (Å²) >= 11 is 6.01. The number of carbonyl (C=O) groups is 1. The van der Waals surface area contributed by atoms with Gasteiger partial charge in [0.15, 0.2) is 5.65 Å². The summed E-state index contributed by atoms with van der Waals surface area (Å²) in [6.07, 6.45) is 3.05. The molecule has 4 N–H and O–H groups in total. The van der Waals surface area contributed by atoms with E-state index in [2.05, 4.69) is 15.4 Å². The zero-order valence-electron chi connectivity index (χ0n) is 15.8. The van der Waals surface area contributed by atoms with Crippen molar-refractivity contribution in [2.45, 2.75) is 12.8 Å². The first kappa shape index (κ1) is 19.4. The Hall–Kier alpha value is -2.91. The van der Waals surface area contributed by atoms with Crippen LogP contribution in [-0.2, 0) is 4.79 Å². The molecule has 152 valence electrons. The van der Waals surface area contributed by atoms with E-state index in [9.17, 15) is 9.90 Å². The summed E-state index contributed by atoms with van der Waals surface area (Å²) in [5.74, 6) is 0.793. The molecular formula is C19H22ClN7O2. The summed E-state index contributed by atoms with van der Waals surface area (Å²) in [6, 6.07) is 7.34. The molecule has 0 aliphatic carbocycles. The predicted molar refractivity (Wildman–Crippen MR) is 111 cm³/mol. The Labute approximate surface area is 172 Å². The van der Waals surface area contributed by atoms with Crippen LogP contribution >= 0.6 is 11.6 Å². The number of aromatic nitrogens is 4. The van der Waals surface area contributed by atoms with Crippen LogP contribution in [0, 0.1) is 5.92 Å². The van der Waals surface area contributed by atoms with E-state index in [0.29, 0.717) is 54.9 Å². The maximum Gasteiger partial charge on any atom is 0.229 e. The largest absolute Gasteiger partial charge is 0.395 e.